The molecule has 1 aliphatic rings. The molecule has 2 amide bonds. The van der Waals surface area contributed by atoms with Crippen LogP contribution in [0.2, 0.25) is 0 Å². The Balaban J connectivity index is 1.32. The van der Waals surface area contributed by atoms with Gasteiger partial charge in [-0.15, -0.1) is 11.3 Å². The summed E-state index contributed by atoms with van der Waals surface area (Å²) in [6.07, 6.45) is -0.811. The molecule has 1 atom stereocenters. The lowest BCUT2D eigenvalue weighted by atomic mass is 10.0. The number of pyridine rings is 2. The molecule has 5 rings (SSSR count). The van der Waals surface area contributed by atoms with E-state index >= 15 is 0 Å². The maximum atomic E-state index is 14.2. The van der Waals surface area contributed by atoms with Crippen LogP contribution in [0.5, 0.6) is 0 Å². The zero-order chi connectivity index (χ0) is 29.4. The van der Waals surface area contributed by atoms with Crippen molar-refractivity contribution >= 4 is 39.1 Å². The molecule has 214 valence electrons. The molecule has 7 nitrogen and oxygen atoms in total. The number of rotatable bonds is 7. The Morgan fingerprint density at radius 1 is 1.12 bits per heavy atom. The van der Waals surface area contributed by atoms with Crippen molar-refractivity contribution in [3.63, 3.8) is 0 Å². The van der Waals surface area contributed by atoms with E-state index in [4.69, 9.17) is 5.73 Å². The fraction of sp³-hybridized carbons (Fsp3) is 0.310. The van der Waals surface area contributed by atoms with Crippen LogP contribution in [0, 0.1) is 0 Å². The monoisotopic (exact) mass is 585 g/mol. The molecule has 1 fully saturated rings. The van der Waals surface area contributed by atoms with Crippen molar-refractivity contribution < 1.29 is 27.2 Å². The number of nitrogen functional groups attached to an aromatic ring is 1. The Bertz CT molecular complexity index is 1580. The molecule has 12 heteroatoms. The van der Waals surface area contributed by atoms with E-state index in [9.17, 15) is 27.2 Å². The number of alkyl halides is 4. The van der Waals surface area contributed by atoms with E-state index in [0.717, 1.165) is 23.0 Å². The fourth-order valence-corrected chi connectivity index (χ4v) is 5.85. The summed E-state index contributed by atoms with van der Waals surface area (Å²) in [7, 11) is 0. The van der Waals surface area contributed by atoms with Gasteiger partial charge in [-0.3, -0.25) is 14.6 Å². The van der Waals surface area contributed by atoms with E-state index in [1.807, 2.05) is 0 Å². The maximum Gasteiger partial charge on any atom is 0.417 e. The van der Waals surface area contributed by atoms with Crippen LogP contribution in [0.15, 0.2) is 54.9 Å². The van der Waals surface area contributed by atoms with Crippen LogP contribution in [0.4, 0.5) is 23.4 Å². The number of likely N-dealkylation sites (tertiary alicyclic amines) is 1. The van der Waals surface area contributed by atoms with Crippen molar-refractivity contribution in [2.75, 3.05) is 18.8 Å². The molecule has 1 aromatic carbocycles. The van der Waals surface area contributed by atoms with Gasteiger partial charge in [0, 0.05) is 46.9 Å². The third kappa shape index (κ3) is 6.64. The molecule has 0 spiro atoms. The van der Waals surface area contributed by atoms with Gasteiger partial charge >= 0.3 is 6.18 Å². The van der Waals surface area contributed by atoms with Gasteiger partial charge in [0.05, 0.1) is 29.9 Å². The zero-order valence-electron chi connectivity index (χ0n) is 22.1. The Morgan fingerprint density at radius 2 is 1.93 bits per heavy atom. The second-order valence-corrected chi connectivity index (χ2v) is 11.5. The molecule has 0 saturated carbocycles. The van der Waals surface area contributed by atoms with Gasteiger partial charge in [0.15, 0.2) is 0 Å². The van der Waals surface area contributed by atoms with Crippen molar-refractivity contribution in [1.82, 2.24) is 20.2 Å². The molecule has 0 aliphatic carbocycles. The lowest BCUT2D eigenvalue weighted by Gasteiger charge is -2.17. The summed E-state index contributed by atoms with van der Waals surface area (Å²) in [4.78, 5) is 35.3. The number of nitrogens with zero attached hydrogens (tertiary/aromatic N) is 3. The summed E-state index contributed by atoms with van der Waals surface area (Å²) in [5, 5.41) is 3.14. The van der Waals surface area contributed by atoms with Crippen LogP contribution in [0.1, 0.15) is 46.1 Å². The van der Waals surface area contributed by atoms with E-state index in [0.29, 0.717) is 29.0 Å². The number of thiophene rings is 1. The zero-order valence-corrected chi connectivity index (χ0v) is 22.9. The highest BCUT2D eigenvalue weighted by Gasteiger charge is 2.36. The number of carbonyl (C=O) groups is 2. The highest BCUT2D eigenvalue weighted by atomic mass is 32.1. The molecule has 0 radical (unpaired) electrons. The molecule has 4 heterocycles. The second-order valence-electron chi connectivity index (χ2n) is 10.3. The Hall–Kier alpha value is -4.06. The average molecular weight is 586 g/mol. The molecule has 1 aliphatic heterocycles. The van der Waals surface area contributed by atoms with E-state index < -0.39 is 17.4 Å². The largest absolute Gasteiger partial charge is 0.417 e. The first-order valence-electron chi connectivity index (χ1n) is 12.9. The molecule has 1 saturated heterocycles. The van der Waals surface area contributed by atoms with Gasteiger partial charge in [0.1, 0.15) is 11.5 Å². The fourth-order valence-electron chi connectivity index (χ4n) is 4.74. The lowest BCUT2D eigenvalue weighted by Crippen LogP contribution is -2.31. The van der Waals surface area contributed by atoms with Gasteiger partial charge in [-0.1, -0.05) is 6.07 Å². The van der Waals surface area contributed by atoms with Crippen LogP contribution in [0.3, 0.4) is 0 Å². The molecule has 0 bridgehead atoms. The second kappa shape index (κ2) is 11.1. The summed E-state index contributed by atoms with van der Waals surface area (Å²) in [5.74, 6) is -0.219. The van der Waals surface area contributed by atoms with Gasteiger partial charge in [0.25, 0.3) is 5.91 Å². The van der Waals surface area contributed by atoms with Crippen molar-refractivity contribution in [2.24, 2.45) is 0 Å². The molecule has 4 aromatic rings. The number of fused-ring (bicyclic) bond motifs is 1. The number of anilines is 1. The number of halogens is 4. The molecule has 3 aromatic heterocycles. The van der Waals surface area contributed by atoms with Crippen LogP contribution >= 0.6 is 11.3 Å². The number of nitrogens with one attached hydrogen (secondary N) is 1. The Morgan fingerprint density at radius 3 is 2.56 bits per heavy atom. The first-order valence-corrected chi connectivity index (χ1v) is 13.7. The summed E-state index contributed by atoms with van der Waals surface area (Å²) in [6, 6.07) is 10.7. The van der Waals surface area contributed by atoms with Gasteiger partial charge < -0.3 is 16.0 Å². The van der Waals surface area contributed by atoms with E-state index in [1.165, 1.54) is 30.2 Å². The highest BCUT2D eigenvalue weighted by Crippen LogP contribution is 2.41. The minimum absolute atomic E-state index is 0.0137. The van der Waals surface area contributed by atoms with Crippen LogP contribution in [0.25, 0.3) is 21.3 Å². The first-order chi connectivity index (χ1) is 19.4. The summed E-state index contributed by atoms with van der Waals surface area (Å²) in [5.41, 5.74) is 4.92. The summed E-state index contributed by atoms with van der Waals surface area (Å²) < 4.78 is 56.4. The number of amides is 2. The normalized spacial score (nSPS) is 17.2. The van der Waals surface area contributed by atoms with Crippen LogP contribution in [-0.4, -0.2) is 45.4 Å². The first kappa shape index (κ1) is 28.5. The standard InChI is InChI=1S/C29H27F4N5O2S/c1-28(30)8-9-38(16-28)27(40)18-4-5-23(35-14-18)19-10-20-11-21(41-26(20)22(12-19)29(31,32)33)15-37-25(39)7-3-17-2-6-24(34)36-13-17/h2,4-6,10-14H,3,7-9,15-16H2,1H3,(H2,34,36)(H,37,39). The van der Waals surface area contributed by atoms with E-state index in [2.05, 4.69) is 15.3 Å². The molecular weight excluding hydrogens is 558 g/mol. The van der Waals surface area contributed by atoms with Crippen molar-refractivity contribution in [2.45, 2.75) is 44.6 Å². The average Bonchev–Trinajstić information content (AvgIpc) is 3.52. The van der Waals surface area contributed by atoms with Crippen molar-refractivity contribution in [3.8, 4) is 11.3 Å². The number of benzene rings is 1. The third-order valence-electron chi connectivity index (χ3n) is 6.94. The number of aryl methyl sites for hydroxylation is 1. The minimum Gasteiger partial charge on any atom is -0.384 e. The van der Waals surface area contributed by atoms with Crippen LogP contribution < -0.4 is 11.1 Å². The van der Waals surface area contributed by atoms with Gasteiger partial charge in [-0.2, -0.15) is 13.2 Å². The van der Waals surface area contributed by atoms with Gasteiger partial charge in [-0.25, -0.2) is 9.37 Å². The Kier molecular flexibility index (Phi) is 7.69. The predicted molar refractivity (Wildman–Crippen MR) is 149 cm³/mol. The Labute approximate surface area is 237 Å². The van der Waals surface area contributed by atoms with E-state index in [1.54, 1.807) is 30.5 Å². The third-order valence-corrected chi connectivity index (χ3v) is 8.12. The van der Waals surface area contributed by atoms with Crippen molar-refractivity contribution in [1.29, 1.82) is 0 Å². The molecule has 1 unspecified atom stereocenters. The van der Waals surface area contributed by atoms with Crippen LogP contribution in [-0.2, 0) is 23.9 Å². The lowest BCUT2D eigenvalue weighted by molar-refractivity contribution is -0.136. The summed E-state index contributed by atoms with van der Waals surface area (Å²) >= 11 is 0.973. The minimum atomic E-state index is -4.61. The number of nitrogens with two attached hydrogens (primary N) is 1. The maximum absolute atomic E-state index is 14.2. The number of hydrogen-bond acceptors (Lipinski definition) is 6. The van der Waals surface area contributed by atoms with Gasteiger partial charge in [0.2, 0.25) is 5.91 Å². The smallest absolute Gasteiger partial charge is 0.384 e. The SMILES string of the molecule is CC1(F)CCN(C(=O)c2ccc(-c3cc(C(F)(F)F)c4sc(CNC(=O)CCc5ccc(N)nc5)cc4c3)nc2)C1. The number of carbonyl (C=O) groups excluding carboxylic acids is 2. The highest BCUT2D eigenvalue weighted by molar-refractivity contribution is 7.19. The number of hydrogen-bond donors (Lipinski definition) is 2. The quantitative estimate of drug-likeness (QED) is 0.268. The molecule has 3 N–H and O–H groups in total. The molecule has 41 heavy (non-hydrogen) atoms. The molecular formula is C29H27F4N5O2S. The summed E-state index contributed by atoms with van der Waals surface area (Å²) in [6.45, 7) is 1.82. The topological polar surface area (TPSA) is 101 Å². The van der Waals surface area contributed by atoms with Gasteiger partial charge in [-0.05, 0) is 60.7 Å². The van der Waals surface area contributed by atoms with E-state index in [-0.39, 0.29) is 59.3 Å². The number of aromatic nitrogens is 2. The predicted octanol–water partition coefficient (Wildman–Crippen LogP) is 5.78. The van der Waals surface area contributed by atoms with Crippen molar-refractivity contribution in [3.05, 3.63) is 76.4 Å².